The highest BCUT2D eigenvalue weighted by atomic mass is 32.2. The second kappa shape index (κ2) is 5.58. The topological polar surface area (TPSA) is 51.0 Å². The molecule has 4 nitrogen and oxygen atoms in total. The minimum absolute atomic E-state index is 0.0246. The molecule has 1 N–H and O–H groups in total. The molecule has 1 saturated heterocycles. The average molecular weight is 289 g/mol. The van der Waals surface area contributed by atoms with Crippen LogP contribution in [0, 0.1) is 0 Å². The highest BCUT2D eigenvalue weighted by Gasteiger charge is 2.36. The van der Waals surface area contributed by atoms with E-state index in [2.05, 4.69) is 53.6 Å². The largest absolute Gasteiger partial charge is 0.338 e. The Morgan fingerprint density at radius 1 is 1.35 bits per heavy atom. The van der Waals surface area contributed by atoms with E-state index in [1.54, 1.807) is 0 Å². The van der Waals surface area contributed by atoms with Gasteiger partial charge in [0.05, 0.1) is 5.41 Å². The molecule has 106 valence electrons. The lowest BCUT2D eigenvalue weighted by Crippen LogP contribution is -2.25. The Morgan fingerprint density at radius 2 is 2.15 bits per heavy atom. The van der Waals surface area contributed by atoms with Crippen LogP contribution in [0.25, 0.3) is 11.4 Å². The van der Waals surface area contributed by atoms with Gasteiger partial charge in [-0.15, -0.1) is 11.8 Å². The molecule has 1 fully saturated rings. The number of rotatable bonds is 4. The third-order valence-electron chi connectivity index (χ3n) is 3.73. The van der Waals surface area contributed by atoms with E-state index in [4.69, 9.17) is 4.52 Å². The van der Waals surface area contributed by atoms with Gasteiger partial charge in [0, 0.05) is 17.0 Å². The zero-order valence-corrected chi connectivity index (χ0v) is 12.7. The summed E-state index contributed by atoms with van der Waals surface area (Å²) in [7, 11) is 0. The standard InChI is InChI=1S/C15H19N3OS/c1-3-20-12-6-4-11(5-7-12)13-17-14(19-18-13)15(2)8-9-16-10-15/h4-7,16H,3,8-10H2,1-2H3. The van der Waals surface area contributed by atoms with E-state index in [1.807, 2.05) is 11.8 Å². The smallest absolute Gasteiger partial charge is 0.234 e. The Kier molecular flexibility index (Phi) is 3.81. The molecule has 0 bridgehead atoms. The first kappa shape index (κ1) is 13.6. The summed E-state index contributed by atoms with van der Waals surface area (Å²) in [5.41, 5.74) is 0.985. The van der Waals surface area contributed by atoms with E-state index in [1.165, 1.54) is 4.90 Å². The van der Waals surface area contributed by atoms with Gasteiger partial charge in [0.2, 0.25) is 11.7 Å². The van der Waals surface area contributed by atoms with Gasteiger partial charge < -0.3 is 9.84 Å². The number of hydrogen-bond donors (Lipinski definition) is 1. The number of benzene rings is 1. The van der Waals surface area contributed by atoms with Gasteiger partial charge in [0.15, 0.2) is 0 Å². The lowest BCUT2D eigenvalue weighted by molar-refractivity contribution is 0.306. The third-order valence-corrected chi connectivity index (χ3v) is 4.63. The molecule has 2 heterocycles. The van der Waals surface area contributed by atoms with Crippen molar-refractivity contribution < 1.29 is 4.52 Å². The van der Waals surface area contributed by atoms with Crippen LogP contribution in [0.1, 0.15) is 26.2 Å². The van der Waals surface area contributed by atoms with Crippen LogP contribution < -0.4 is 5.32 Å². The van der Waals surface area contributed by atoms with Crippen LogP contribution >= 0.6 is 11.8 Å². The maximum absolute atomic E-state index is 5.48. The number of thioether (sulfide) groups is 1. The summed E-state index contributed by atoms with van der Waals surface area (Å²) in [5.74, 6) is 2.50. The molecule has 1 aliphatic heterocycles. The number of nitrogens with one attached hydrogen (secondary N) is 1. The molecule has 20 heavy (non-hydrogen) atoms. The second-order valence-electron chi connectivity index (χ2n) is 5.37. The Balaban J connectivity index is 1.82. The molecule has 3 rings (SSSR count). The maximum Gasteiger partial charge on any atom is 0.234 e. The van der Waals surface area contributed by atoms with Gasteiger partial charge in [-0.3, -0.25) is 0 Å². The third kappa shape index (κ3) is 2.60. The Bertz CT molecular complexity index is 573. The van der Waals surface area contributed by atoms with Gasteiger partial charge in [-0.2, -0.15) is 4.98 Å². The van der Waals surface area contributed by atoms with Gasteiger partial charge >= 0.3 is 0 Å². The molecule has 1 aromatic carbocycles. The van der Waals surface area contributed by atoms with Crippen LogP contribution in [-0.4, -0.2) is 29.0 Å². The predicted octanol–water partition coefficient (Wildman–Crippen LogP) is 3.10. The highest BCUT2D eigenvalue weighted by Crippen LogP contribution is 2.30. The fourth-order valence-corrected chi connectivity index (χ4v) is 3.11. The zero-order chi connectivity index (χ0) is 14.0. The molecule has 0 aliphatic carbocycles. The molecule has 0 saturated carbocycles. The van der Waals surface area contributed by atoms with Crippen molar-refractivity contribution in [2.24, 2.45) is 0 Å². The Morgan fingerprint density at radius 3 is 2.80 bits per heavy atom. The molecule has 2 aromatic rings. The fourth-order valence-electron chi connectivity index (χ4n) is 2.45. The van der Waals surface area contributed by atoms with E-state index in [0.717, 1.165) is 36.7 Å². The molecule has 0 radical (unpaired) electrons. The van der Waals surface area contributed by atoms with E-state index in [-0.39, 0.29) is 5.41 Å². The minimum atomic E-state index is -0.0246. The molecule has 0 spiro atoms. The van der Waals surface area contributed by atoms with Crippen LogP contribution in [-0.2, 0) is 5.41 Å². The quantitative estimate of drug-likeness (QED) is 0.877. The molecule has 5 heteroatoms. The SMILES string of the molecule is CCSc1ccc(-c2noc(C3(C)CCNC3)n2)cc1. The Labute approximate surface area is 123 Å². The first-order valence-corrected chi connectivity index (χ1v) is 7.98. The summed E-state index contributed by atoms with van der Waals surface area (Å²) in [6.45, 7) is 6.24. The van der Waals surface area contributed by atoms with E-state index < -0.39 is 0 Å². The highest BCUT2D eigenvalue weighted by molar-refractivity contribution is 7.99. The van der Waals surface area contributed by atoms with Gasteiger partial charge in [0.25, 0.3) is 0 Å². The van der Waals surface area contributed by atoms with E-state index in [0.29, 0.717) is 5.82 Å². The molecule has 1 unspecified atom stereocenters. The first-order chi connectivity index (χ1) is 9.71. The number of nitrogens with zero attached hydrogens (tertiary/aromatic N) is 2. The Hall–Kier alpha value is -1.33. The van der Waals surface area contributed by atoms with Crippen molar-refractivity contribution in [1.29, 1.82) is 0 Å². The van der Waals surface area contributed by atoms with Crippen molar-refractivity contribution in [1.82, 2.24) is 15.5 Å². The first-order valence-electron chi connectivity index (χ1n) is 6.99. The minimum Gasteiger partial charge on any atom is -0.338 e. The summed E-state index contributed by atoms with van der Waals surface area (Å²) < 4.78 is 5.48. The molecule has 1 atom stereocenters. The van der Waals surface area contributed by atoms with E-state index in [9.17, 15) is 0 Å². The molecular weight excluding hydrogens is 270 g/mol. The van der Waals surface area contributed by atoms with Crippen molar-refractivity contribution >= 4 is 11.8 Å². The lowest BCUT2D eigenvalue weighted by Gasteiger charge is -2.15. The van der Waals surface area contributed by atoms with Crippen LogP contribution in [0.2, 0.25) is 0 Å². The van der Waals surface area contributed by atoms with Crippen molar-refractivity contribution in [3.8, 4) is 11.4 Å². The van der Waals surface area contributed by atoms with Crippen LogP contribution in [0.3, 0.4) is 0 Å². The summed E-state index contributed by atoms with van der Waals surface area (Å²) in [6, 6.07) is 8.33. The van der Waals surface area contributed by atoms with Crippen LogP contribution in [0.15, 0.2) is 33.7 Å². The van der Waals surface area contributed by atoms with Crippen LogP contribution in [0.5, 0.6) is 0 Å². The average Bonchev–Trinajstić information content (AvgIpc) is 3.10. The molecule has 0 amide bonds. The van der Waals surface area contributed by atoms with Crippen molar-refractivity contribution in [2.45, 2.75) is 30.6 Å². The summed E-state index contributed by atoms with van der Waals surface area (Å²) in [5, 5.41) is 7.48. The molecule has 1 aliphatic rings. The molecular formula is C15H19N3OS. The van der Waals surface area contributed by atoms with E-state index >= 15 is 0 Å². The normalized spacial score (nSPS) is 22.3. The van der Waals surface area contributed by atoms with Gasteiger partial charge in [-0.1, -0.05) is 12.1 Å². The van der Waals surface area contributed by atoms with Gasteiger partial charge in [0.1, 0.15) is 0 Å². The molecule has 1 aromatic heterocycles. The van der Waals surface area contributed by atoms with Crippen molar-refractivity contribution in [3.63, 3.8) is 0 Å². The van der Waals surface area contributed by atoms with Crippen LogP contribution in [0.4, 0.5) is 0 Å². The zero-order valence-electron chi connectivity index (χ0n) is 11.8. The van der Waals surface area contributed by atoms with Gasteiger partial charge in [-0.05, 0) is 49.9 Å². The summed E-state index contributed by atoms with van der Waals surface area (Å²) in [6.07, 6.45) is 1.04. The fraction of sp³-hybridized carbons (Fsp3) is 0.467. The van der Waals surface area contributed by atoms with Crippen molar-refractivity contribution in [2.75, 3.05) is 18.8 Å². The second-order valence-corrected chi connectivity index (χ2v) is 6.71. The summed E-state index contributed by atoms with van der Waals surface area (Å²) in [4.78, 5) is 5.86. The number of aromatic nitrogens is 2. The van der Waals surface area contributed by atoms with Gasteiger partial charge in [-0.25, -0.2) is 0 Å². The lowest BCUT2D eigenvalue weighted by atomic mass is 9.90. The summed E-state index contributed by atoms with van der Waals surface area (Å²) >= 11 is 1.83. The van der Waals surface area contributed by atoms with Crippen molar-refractivity contribution in [3.05, 3.63) is 30.2 Å². The number of hydrogen-bond acceptors (Lipinski definition) is 5. The maximum atomic E-state index is 5.48. The monoisotopic (exact) mass is 289 g/mol. The predicted molar refractivity (Wildman–Crippen MR) is 81.0 cm³/mol.